The number of hydrogen-bond donors (Lipinski definition) is 1. The monoisotopic (exact) mass is 606 g/mol. The molecule has 1 aromatic rings. The maximum absolute atomic E-state index is 14.6. The van der Waals surface area contributed by atoms with Crippen molar-refractivity contribution in [2.45, 2.75) is 79.4 Å². The first kappa shape index (κ1) is 29.2. The number of carbonyl (C=O) groups excluding carboxylic acids is 3. The van der Waals surface area contributed by atoms with Crippen molar-refractivity contribution in [3.8, 4) is 0 Å². The topological polar surface area (TPSA) is 87.2 Å². The van der Waals surface area contributed by atoms with E-state index in [2.05, 4.69) is 29.4 Å². The summed E-state index contributed by atoms with van der Waals surface area (Å²) in [6.07, 6.45) is 4.47. The van der Waals surface area contributed by atoms with Crippen LogP contribution in [0, 0.1) is 11.8 Å². The Balaban J connectivity index is 1.81. The van der Waals surface area contributed by atoms with E-state index in [4.69, 9.17) is 4.74 Å². The summed E-state index contributed by atoms with van der Waals surface area (Å²) in [5, 5.41) is 10.4. The predicted molar refractivity (Wildman–Crippen MR) is 153 cm³/mol. The molecular weight excluding hydrogens is 568 g/mol. The zero-order valence-electron chi connectivity index (χ0n) is 22.4. The summed E-state index contributed by atoms with van der Waals surface area (Å²) in [4.78, 5) is 45.6. The van der Waals surface area contributed by atoms with Crippen LogP contribution in [0.15, 0.2) is 43.0 Å². The Kier molecular flexibility index (Phi) is 9.30. The Hall–Kier alpha value is -1.84. The number of halogens is 1. The molecule has 0 saturated carbocycles. The number of alkyl halides is 1. The van der Waals surface area contributed by atoms with E-state index in [0.717, 1.165) is 18.4 Å². The molecule has 3 fully saturated rings. The lowest BCUT2D eigenvalue weighted by Crippen LogP contribution is -2.59. The summed E-state index contributed by atoms with van der Waals surface area (Å²) in [5.41, 5.74) is 0.972. The van der Waals surface area contributed by atoms with Crippen molar-refractivity contribution in [3.63, 3.8) is 0 Å². The van der Waals surface area contributed by atoms with Crippen LogP contribution in [0.25, 0.3) is 0 Å². The van der Waals surface area contributed by atoms with Crippen LogP contribution < -0.4 is 0 Å². The molecule has 7 nitrogen and oxygen atoms in total. The fourth-order valence-corrected chi connectivity index (χ4v) is 10.3. The summed E-state index contributed by atoms with van der Waals surface area (Å²) < 4.78 is 4.67. The number of fused-ring (bicyclic) bond motifs is 1. The van der Waals surface area contributed by atoms with Gasteiger partial charge in [0.2, 0.25) is 11.8 Å². The van der Waals surface area contributed by atoms with E-state index < -0.39 is 28.7 Å². The average molecular weight is 608 g/mol. The summed E-state index contributed by atoms with van der Waals surface area (Å²) in [7, 11) is 0. The zero-order chi connectivity index (χ0) is 27.6. The van der Waals surface area contributed by atoms with Crippen LogP contribution in [-0.2, 0) is 25.5 Å². The van der Waals surface area contributed by atoms with Gasteiger partial charge in [-0.15, -0.1) is 18.3 Å². The van der Waals surface area contributed by atoms with Gasteiger partial charge in [-0.2, -0.15) is 0 Å². The van der Waals surface area contributed by atoms with Gasteiger partial charge in [0.15, 0.2) is 0 Å². The minimum atomic E-state index is -0.797. The number of aliphatic hydroxyl groups is 1. The van der Waals surface area contributed by atoms with Crippen LogP contribution in [-0.4, -0.2) is 85.4 Å². The highest BCUT2D eigenvalue weighted by Gasteiger charge is 2.76. The highest BCUT2D eigenvalue weighted by molar-refractivity contribution is 9.09. The van der Waals surface area contributed by atoms with Crippen LogP contribution in [0.5, 0.6) is 0 Å². The third kappa shape index (κ3) is 4.94. The lowest BCUT2D eigenvalue weighted by molar-refractivity contribution is -0.154. The van der Waals surface area contributed by atoms with Crippen molar-refractivity contribution in [1.29, 1.82) is 0 Å². The minimum Gasteiger partial charge on any atom is -0.466 e. The first-order chi connectivity index (χ1) is 18.2. The highest BCUT2D eigenvalue weighted by atomic mass is 79.9. The van der Waals surface area contributed by atoms with Crippen LogP contribution in [0.3, 0.4) is 0 Å². The van der Waals surface area contributed by atoms with Crippen LogP contribution in [0.4, 0.5) is 0 Å². The lowest BCUT2D eigenvalue weighted by Gasteiger charge is -2.41. The smallest absolute Gasteiger partial charge is 0.310 e. The molecule has 0 radical (unpaired) electrons. The first-order valence-corrected chi connectivity index (χ1v) is 15.4. The van der Waals surface area contributed by atoms with Gasteiger partial charge in [-0.05, 0) is 38.7 Å². The van der Waals surface area contributed by atoms with Crippen molar-refractivity contribution < 1.29 is 24.2 Å². The molecular formula is C29H39BrN2O5S. The Morgan fingerprint density at radius 2 is 2.05 bits per heavy atom. The quantitative estimate of drug-likeness (QED) is 0.221. The number of esters is 1. The fourth-order valence-electron chi connectivity index (χ4n) is 6.74. The predicted octanol–water partition coefficient (Wildman–Crippen LogP) is 3.82. The summed E-state index contributed by atoms with van der Waals surface area (Å²) >= 11 is 5.38. The molecule has 3 saturated heterocycles. The molecule has 3 aliphatic heterocycles. The molecule has 4 unspecified atom stereocenters. The number of thioether (sulfide) groups is 1. The highest BCUT2D eigenvalue weighted by Crippen LogP contribution is 2.68. The van der Waals surface area contributed by atoms with E-state index in [1.54, 1.807) is 29.7 Å². The second-order valence-electron chi connectivity index (χ2n) is 10.6. The van der Waals surface area contributed by atoms with E-state index in [1.807, 2.05) is 42.2 Å². The van der Waals surface area contributed by atoms with Crippen molar-refractivity contribution >= 4 is 45.5 Å². The van der Waals surface area contributed by atoms with Crippen molar-refractivity contribution in [3.05, 3.63) is 48.6 Å². The molecule has 8 atom stereocenters. The van der Waals surface area contributed by atoms with E-state index in [1.165, 1.54) is 0 Å². The number of hydrogen-bond acceptors (Lipinski definition) is 6. The van der Waals surface area contributed by atoms with Gasteiger partial charge in [-0.25, -0.2) is 0 Å². The van der Waals surface area contributed by atoms with Gasteiger partial charge in [0.1, 0.15) is 6.04 Å². The van der Waals surface area contributed by atoms with Gasteiger partial charge in [-0.3, -0.25) is 14.4 Å². The van der Waals surface area contributed by atoms with Crippen molar-refractivity contribution in [2.75, 3.05) is 19.8 Å². The number of rotatable bonds is 12. The number of ether oxygens (including phenoxy) is 1. The van der Waals surface area contributed by atoms with Crippen LogP contribution in [0.1, 0.15) is 45.6 Å². The Morgan fingerprint density at radius 3 is 2.66 bits per heavy atom. The number of likely N-dealkylation sites (tertiary alicyclic amines) is 1. The first-order valence-electron chi connectivity index (χ1n) is 13.6. The summed E-state index contributed by atoms with van der Waals surface area (Å²) in [6.45, 7) is 10.1. The van der Waals surface area contributed by atoms with Crippen LogP contribution in [0.2, 0.25) is 0 Å². The minimum absolute atomic E-state index is 0.0242. The second-order valence-corrected chi connectivity index (χ2v) is 13.3. The standard InChI is InChI=1S/C29H39BrN2O5S/c1-5-11-18(4)31(14-6-2)27(35)25-29-16-21(30)24(38-29)22(28(36)37-7-3)23(29)26(34)32(25)20(17-33)15-19-12-9-8-10-13-19/h6,8-10,12-13,18,20-25,33H,2,5,7,11,14-17H2,1,3-4H3/t18?,20-,21?,22-,23+,24-,25?,29?/m1/s1. The van der Waals surface area contributed by atoms with Gasteiger partial charge < -0.3 is 19.6 Å². The van der Waals surface area contributed by atoms with Crippen LogP contribution >= 0.6 is 27.7 Å². The molecule has 9 heteroatoms. The van der Waals surface area contributed by atoms with Crippen molar-refractivity contribution in [2.24, 2.45) is 11.8 Å². The second kappa shape index (κ2) is 12.1. The largest absolute Gasteiger partial charge is 0.466 e. The lowest BCUT2D eigenvalue weighted by atomic mass is 9.71. The zero-order valence-corrected chi connectivity index (χ0v) is 24.8. The number of nitrogens with zero attached hydrogens (tertiary/aromatic N) is 2. The molecule has 1 spiro atoms. The number of amides is 2. The molecule has 3 heterocycles. The third-order valence-corrected chi connectivity index (χ3v) is 11.5. The normalized spacial score (nSPS) is 31.1. The molecule has 1 N–H and O–H groups in total. The molecule has 4 rings (SSSR count). The van der Waals surface area contributed by atoms with E-state index in [-0.39, 0.29) is 47.1 Å². The molecule has 0 aromatic heterocycles. The Bertz CT molecular complexity index is 1040. The Morgan fingerprint density at radius 1 is 1.34 bits per heavy atom. The van der Waals surface area contributed by atoms with Gasteiger partial charge in [0.05, 0.1) is 35.8 Å². The van der Waals surface area contributed by atoms with E-state index in [0.29, 0.717) is 19.4 Å². The Labute approximate surface area is 238 Å². The molecule has 208 valence electrons. The number of carbonyl (C=O) groups is 3. The number of aliphatic hydroxyl groups excluding tert-OH is 1. The molecule has 0 aliphatic carbocycles. The summed E-state index contributed by atoms with van der Waals surface area (Å²) in [5.74, 6) is -2.05. The van der Waals surface area contributed by atoms with Gasteiger partial charge in [0.25, 0.3) is 0 Å². The molecule has 1 aromatic carbocycles. The molecule has 2 amide bonds. The third-order valence-electron chi connectivity index (χ3n) is 8.29. The summed E-state index contributed by atoms with van der Waals surface area (Å²) in [6, 6.07) is 8.26. The average Bonchev–Trinajstić information content (AvgIpc) is 3.49. The fraction of sp³-hybridized carbons (Fsp3) is 0.621. The molecule has 2 bridgehead atoms. The van der Waals surface area contributed by atoms with Gasteiger partial charge in [0, 0.05) is 22.7 Å². The van der Waals surface area contributed by atoms with E-state index in [9.17, 15) is 19.5 Å². The maximum atomic E-state index is 14.6. The van der Waals surface area contributed by atoms with Gasteiger partial charge in [-0.1, -0.05) is 65.7 Å². The van der Waals surface area contributed by atoms with Crippen molar-refractivity contribution in [1.82, 2.24) is 9.80 Å². The van der Waals surface area contributed by atoms with E-state index >= 15 is 0 Å². The maximum Gasteiger partial charge on any atom is 0.310 e. The number of benzene rings is 1. The SMILES string of the molecule is C=CCN(C(=O)C1N([C@@H](CO)Cc2ccccc2)C(=O)[C@@H]2[C@@H](C(=O)OCC)[C@@H]3SC12CC3Br)C(C)CCC. The molecule has 3 aliphatic rings. The molecule has 38 heavy (non-hydrogen) atoms. The van der Waals surface area contributed by atoms with Gasteiger partial charge >= 0.3 is 5.97 Å².